The largest absolute Gasteiger partial charge is 0.388 e. The molecule has 16 heavy (non-hydrogen) atoms. The lowest BCUT2D eigenvalue weighted by atomic mass is 9.98. The van der Waals surface area contributed by atoms with E-state index in [9.17, 15) is 9.90 Å². The molecule has 0 aliphatic carbocycles. The van der Waals surface area contributed by atoms with Crippen molar-refractivity contribution in [2.75, 3.05) is 13.2 Å². The summed E-state index contributed by atoms with van der Waals surface area (Å²) in [6.45, 7) is 6.60. The number of Topliss-reactive ketones (excluding diaryl/α,β-unsaturated/α-hetero) is 1. The summed E-state index contributed by atoms with van der Waals surface area (Å²) in [6.07, 6.45) is 5.28. The fourth-order valence-corrected chi connectivity index (χ4v) is 1.57. The van der Waals surface area contributed by atoms with Gasteiger partial charge in [0.25, 0.3) is 0 Å². The first-order chi connectivity index (χ1) is 7.48. The Labute approximate surface area is 99.2 Å². The number of carbonyl (C=O) groups is 1. The molecule has 0 amide bonds. The average molecular weight is 230 g/mol. The molecule has 0 aromatic rings. The molecule has 0 fully saturated rings. The monoisotopic (exact) mass is 230 g/mol. The molecule has 0 heterocycles. The second-order valence-electron chi connectivity index (χ2n) is 4.81. The molecule has 0 aromatic heterocycles. The minimum Gasteiger partial charge on any atom is -0.388 e. The van der Waals surface area contributed by atoms with Crippen molar-refractivity contribution >= 4 is 5.78 Å². The number of hydrogen-bond donors (Lipinski definition) is 1. The van der Waals surface area contributed by atoms with Gasteiger partial charge in [-0.05, 0) is 33.1 Å². The molecular formula is C13H26O3. The number of carbonyl (C=O) groups excluding carboxylic acids is 1. The van der Waals surface area contributed by atoms with E-state index in [2.05, 4.69) is 6.92 Å². The van der Waals surface area contributed by atoms with Crippen molar-refractivity contribution in [3.63, 3.8) is 0 Å². The van der Waals surface area contributed by atoms with Crippen molar-refractivity contribution in [2.24, 2.45) is 0 Å². The maximum atomic E-state index is 10.7. The standard InChI is InChI=1S/C13H26O3/c1-4-10-16-11-13(3,15)9-7-5-6-8-12(2)14/h15H,4-11H2,1-3H3. The van der Waals surface area contributed by atoms with Gasteiger partial charge in [-0.25, -0.2) is 0 Å². The molecule has 1 unspecified atom stereocenters. The molecule has 0 aliphatic heterocycles. The Morgan fingerprint density at radius 2 is 2.00 bits per heavy atom. The number of rotatable bonds is 10. The molecule has 0 bridgehead atoms. The van der Waals surface area contributed by atoms with Crippen LogP contribution in [0.2, 0.25) is 0 Å². The van der Waals surface area contributed by atoms with Crippen LogP contribution in [0.25, 0.3) is 0 Å². The van der Waals surface area contributed by atoms with Crippen LogP contribution in [0.3, 0.4) is 0 Å². The van der Waals surface area contributed by atoms with Crippen molar-refractivity contribution in [2.45, 2.75) is 64.9 Å². The second-order valence-corrected chi connectivity index (χ2v) is 4.81. The van der Waals surface area contributed by atoms with Gasteiger partial charge in [-0.15, -0.1) is 0 Å². The third-order valence-electron chi connectivity index (χ3n) is 2.51. The van der Waals surface area contributed by atoms with Crippen LogP contribution in [0, 0.1) is 0 Å². The van der Waals surface area contributed by atoms with Crippen LogP contribution in [0.5, 0.6) is 0 Å². The van der Waals surface area contributed by atoms with Gasteiger partial charge in [-0.1, -0.05) is 19.8 Å². The first-order valence-electron chi connectivity index (χ1n) is 6.27. The maximum Gasteiger partial charge on any atom is 0.129 e. The van der Waals surface area contributed by atoms with Crippen molar-refractivity contribution in [3.05, 3.63) is 0 Å². The zero-order valence-electron chi connectivity index (χ0n) is 10.9. The summed E-state index contributed by atoms with van der Waals surface area (Å²) in [5, 5.41) is 9.96. The molecule has 0 spiro atoms. The van der Waals surface area contributed by atoms with E-state index in [0.717, 1.165) is 32.1 Å². The van der Waals surface area contributed by atoms with E-state index in [1.54, 1.807) is 6.92 Å². The van der Waals surface area contributed by atoms with Gasteiger partial charge in [-0.3, -0.25) is 0 Å². The van der Waals surface area contributed by atoms with E-state index in [0.29, 0.717) is 19.6 Å². The number of ether oxygens (including phenoxy) is 1. The van der Waals surface area contributed by atoms with Crippen LogP contribution in [-0.4, -0.2) is 29.7 Å². The Kier molecular flexibility index (Phi) is 8.49. The Balaban J connectivity index is 3.46. The topological polar surface area (TPSA) is 46.5 Å². The summed E-state index contributed by atoms with van der Waals surface area (Å²) in [5.74, 6) is 0.248. The second kappa shape index (κ2) is 8.71. The quantitative estimate of drug-likeness (QED) is 0.587. The van der Waals surface area contributed by atoms with Gasteiger partial charge in [0.05, 0.1) is 12.2 Å². The first kappa shape index (κ1) is 15.6. The van der Waals surface area contributed by atoms with E-state index < -0.39 is 5.60 Å². The molecule has 0 radical (unpaired) electrons. The lowest BCUT2D eigenvalue weighted by Crippen LogP contribution is -2.30. The fourth-order valence-electron chi connectivity index (χ4n) is 1.57. The van der Waals surface area contributed by atoms with Crippen LogP contribution in [-0.2, 0) is 9.53 Å². The minimum atomic E-state index is -0.717. The van der Waals surface area contributed by atoms with E-state index in [1.165, 1.54) is 0 Å². The zero-order valence-corrected chi connectivity index (χ0v) is 10.9. The average Bonchev–Trinajstić information content (AvgIpc) is 2.16. The molecule has 0 aliphatic rings. The van der Waals surface area contributed by atoms with Crippen LogP contribution in [0.15, 0.2) is 0 Å². The smallest absolute Gasteiger partial charge is 0.129 e. The first-order valence-corrected chi connectivity index (χ1v) is 6.27. The molecular weight excluding hydrogens is 204 g/mol. The van der Waals surface area contributed by atoms with Gasteiger partial charge in [0.1, 0.15) is 5.78 Å². The van der Waals surface area contributed by atoms with Gasteiger partial charge < -0.3 is 14.6 Å². The van der Waals surface area contributed by atoms with E-state index in [1.807, 2.05) is 6.92 Å². The molecule has 0 rings (SSSR count). The van der Waals surface area contributed by atoms with Crippen LogP contribution >= 0.6 is 0 Å². The highest BCUT2D eigenvalue weighted by molar-refractivity contribution is 5.75. The molecule has 3 heteroatoms. The highest BCUT2D eigenvalue weighted by atomic mass is 16.5. The Bertz CT molecular complexity index is 188. The highest BCUT2D eigenvalue weighted by Gasteiger charge is 2.19. The SMILES string of the molecule is CCCOCC(C)(O)CCCCCC(C)=O. The van der Waals surface area contributed by atoms with E-state index >= 15 is 0 Å². The van der Waals surface area contributed by atoms with Crippen molar-refractivity contribution in [1.29, 1.82) is 0 Å². The Morgan fingerprint density at radius 3 is 2.56 bits per heavy atom. The maximum absolute atomic E-state index is 10.7. The van der Waals surface area contributed by atoms with E-state index in [4.69, 9.17) is 4.74 Å². The zero-order chi connectivity index (χ0) is 12.4. The van der Waals surface area contributed by atoms with Gasteiger partial charge in [-0.2, -0.15) is 0 Å². The summed E-state index contributed by atoms with van der Waals surface area (Å²) < 4.78 is 5.34. The lowest BCUT2D eigenvalue weighted by molar-refractivity contribution is -0.117. The van der Waals surface area contributed by atoms with Crippen LogP contribution in [0.4, 0.5) is 0 Å². The van der Waals surface area contributed by atoms with Gasteiger partial charge in [0, 0.05) is 13.0 Å². The molecule has 1 N–H and O–H groups in total. The fraction of sp³-hybridized carbons (Fsp3) is 0.923. The Hall–Kier alpha value is -0.410. The lowest BCUT2D eigenvalue weighted by Gasteiger charge is -2.22. The van der Waals surface area contributed by atoms with Crippen LogP contribution < -0.4 is 0 Å². The third-order valence-corrected chi connectivity index (χ3v) is 2.51. The van der Waals surface area contributed by atoms with Crippen LogP contribution in [0.1, 0.15) is 59.3 Å². The summed E-state index contributed by atoms with van der Waals surface area (Å²) in [4.78, 5) is 10.7. The molecule has 0 saturated carbocycles. The third kappa shape index (κ3) is 10.1. The number of aliphatic hydroxyl groups is 1. The normalized spacial score (nSPS) is 14.8. The predicted octanol–water partition coefficient (Wildman–Crippen LogP) is 2.70. The van der Waals surface area contributed by atoms with Crippen molar-refractivity contribution < 1.29 is 14.6 Å². The highest BCUT2D eigenvalue weighted by Crippen LogP contribution is 2.15. The van der Waals surface area contributed by atoms with Gasteiger partial charge >= 0.3 is 0 Å². The summed E-state index contributed by atoms with van der Waals surface area (Å²) in [5.41, 5.74) is -0.717. The summed E-state index contributed by atoms with van der Waals surface area (Å²) in [7, 11) is 0. The number of hydrogen-bond acceptors (Lipinski definition) is 3. The molecule has 96 valence electrons. The van der Waals surface area contributed by atoms with Crippen molar-refractivity contribution in [1.82, 2.24) is 0 Å². The molecule has 0 aromatic carbocycles. The Morgan fingerprint density at radius 1 is 1.31 bits per heavy atom. The number of ketones is 1. The van der Waals surface area contributed by atoms with Gasteiger partial charge in [0.15, 0.2) is 0 Å². The molecule has 0 saturated heterocycles. The molecule has 1 atom stereocenters. The van der Waals surface area contributed by atoms with Gasteiger partial charge in [0.2, 0.25) is 0 Å². The predicted molar refractivity (Wildman–Crippen MR) is 65.5 cm³/mol. The van der Waals surface area contributed by atoms with E-state index in [-0.39, 0.29) is 5.78 Å². The molecule has 3 nitrogen and oxygen atoms in total. The summed E-state index contributed by atoms with van der Waals surface area (Å²) in [6, 6.07) is 0. The minimum absolute atomic E-state index is 0.248. The number of unbranched alkanes of at least 4 members (excludes halogenated alkanes) is 2. The summed E-state index contributed by atoms with van der Waals surface area (Å²) >= 11 is 0. The van der Waals surface area contributed by atoms with Crippen molar-refractivity contribution in [3.8, 4) is 0 Å².